The zero-order chi connectivity index (χ0) is 15.2. The van der Waals surface area contributed by atoms with Gasteiger partial charge in [0, 0.05) is 17.8 Å². The van der Waals surface area contributed by atoms with Crippen LogP contribution in [0.15, 0.2) is 28.1 Å². The highest BCUT2D eigenvalue weighted by Gasteiger charge is 2.15. The fourth-order valence-corrected chi connectivity index (χ4v) is 3.42. The molecule has 0 aliphatic carbocycles. The first kappa shape index (κ1) is 16.5. The predicted molar refractivity (Wildman–Crippen MR) is 92.3 cm³/mol. The van der Waals surface area contributed by atoms with Gasteiger partial charge in [0.25, 0.3) is 0 Å². The number of methoxy groups -OCH3 is 1. The van der Waals surface area contributed by atoms with Crippen molar-refractivity contribution in [3.63, 3.8) is 0 Å². The van der Waals surface area contributed by atoms with Gasteiger partial charge in [0.05, 0.1) is 22.3 Å². The van der Waals surface area contributed by atoms with Gasteiger partial charge in [-0.3, -0.25) is 0 Å². The Hall–Kier alpha value is -0.910. The molecule has 0 saturated carbocycles. The third kappa shape index (κ3) is 4.53. The molecule has 5 heteroatoms. The summed E-state index contributed by atoms with van der Waals surface area (Å²) in [4.78, 5) is 4.58. The van der Waals surface area contributed by atoms with E-state index in [2.05, 4.69) is 50.7 Å². The first-order valence-electron chi connectivity index (χ1n) is 7.11. The lowest BCUT2D eigenvalue weighted by Crippen LogP contribution is -2.24. The molecule has 3 nitrogen and oxygen atoms in total. The van der Waals surface area contributed by atoms with Crippen LogP contribution < -0.4 is 10.1 Å². The lowest BCUT2D eigenvalue weighted by Gasteiger charge is -2.19. The zero-order valence-electron chi connectivity index (χ0n) is 12.6. The number of rotatable bonds is 7. The number of aryl methyl sites for hydroxylation is 1. The quantitative estimate of drug-likeness (QED) is 0.780. The van der Waals surface area contributed by atoms with Crippen molar-refractivity contribution in [2.24, 2.45) is 0 Å². The maximum Gasteiger partial charge on any atom is 0.133 e. The van der Waals surface area contributed by atoms with E-state index in [0.29, 0.717) is 0 Å². The number of nitrogens with one attached hydrogen (secondary N) is 1. The van der Waals surface area contributed by atoms with Gasteiger partial charge in [-0.05, 0) is 53.5 Å². The Morgan fingerprint density at radius 3 is 2.81 bits per heavy atom. The minimum atomic E-state index is 0.272. The van der Waals surface area contributed by atoms with E-state index in [1.54, 1.807) is 18.4 Å². The number of hydrogen-bond donors (Lipinski definition) is 1. The normalized spacial score (nSPS) is 12.4. The highest BCUT2D eigenvalue weighted by molar-refractivity contribution is 9.10. The Balaban J connectivity index is 2.20. The topological polar surface area (TPSA) is 34.2 Å². The van der Waals surface area contributed by atoms with Crippen molar-refractivity contribution in [2.45, 2.75) is 32.7 Å². The summed E-state index contributed by atoms with van der Waals surface area (Å²) in [6.45, 7) is 5.23. The molecule has 2 rings (SSSR count). The molecule has 1 atom stereocenters. The largest absolute Gasteiger partial charge is 0.496 e. The molecule has 1 aromatic carbocycles. The summed E-state index contributed by atoms with van der Waals surface area (Å²) >= 11 is 5.27. The smallest absolute Gasteiger partial charge is 0.133 e. The van der Waals surface area contributed by atoms with E-state index in [-0.39, 0.29) is 6.04 Å². The molecule has 21 heavy (non-hydrogen) atoms. The second-order valence-corrected chi connectivity index (χ2v) is 6.88. The minimum Gasteiger partial charge on any atom is -0.496 e. The number of hydrogen-bond acceptors (Lipinski definition) is 4. The first-order valence-corrected chi connectivity index (χ1v) is 8.79. The molecule has 2 aromatic rings. The maximum atomic E-state index is 5.30. The van der Waals surface area contributed by atoms with Gasteiger partial charge in [0.15, 0.2) is 0 Å². The fourth-order valence-electron chi connectivity index (χ4n) is 2.24. The Morgan fingerprint density at radius 2 is 2.24 bits per heavy atom. The van der Waals surface area contributed by atoms with E-state index in [0.717, 1.165) is 40.3 Å². The third-order valence-corrected chi connectivity index (χ3v) is 4.74. The van der Waals surface area contributed by atoms with Crippen LogP contribution in [0.4, 0.5) is 0 Å². The van der Waals surface area contributed by atoms with Crippen molar-refractivity contribution in [3.05, 3.63) is 44.3 Å². The molecule has 0 amide bonds. The van der Waals surface area contributed by atoms with Gasteiger partial charge in [-0.2, -0.15) is 0 Å². The molecule has 0 saturated heterocycles. The molecular formula is C16H21BrN2OS. The third-order valence-electron chi connectivity index (χ3n) is 3.30. The molecule has 0 aliphatic heterocycles. The number of benzene rings is 1. The van der Waals surface area contributed by atoms with E-state index in [1.807, 2.05) is 13.0 Å². The Labute approximate surface area is 138 Å². The lowest BCUT2D eigenvalue weighted by atomic mass is 10.0. The summed E-state index contributed by atoms with van der Waals surface area (Å²) in [5.74, 6) is 0.859. The van der Waals surface area contributed by atoms with Crippen LogP contribution in [-0.2, 0) is 6.42 Å². The van der Waals surface area contributed by atoms with Crippen molar-refractivity contribution in [1.82, 2.24) is 10.3 Å². The molecule has 1 unspecified atom stereocenters. The van der Waals surface area contributed by atoms with Crippen molar-refractivity contribution < 1.29 is 4.74 Å². The zero-order valence-corrected chi connectivity index (χ0v) is 15.1. The van der Waals surface area contributed by atoms with Gasteiger partial charge in [-0.25, -0.2) is 4.98 Å². The minimum absolute atomic E-state index is 0.272. The average Bonchev–Trinajstić information content (AvgIpc) is 2.88. The summed E-state index contributed by atoms with van der Waals surface area (Å²) in [6.07, 6.45) is 2.02. The van der Waals surface area contributed by atoms with Crippen LogP contribution in [0.1, 0.15) is 35.7 Å². The molecule has 1 heterocycles. The average molecular weight is 369 g/mol. The number of aromatic nitrogens is 1. The Morgan fingerprint density at radius 1 is 1.43 bits per heavy atom. The van der Waals surface area contributed by atoms with Crippen LogP contribution in [0.25, 0.3) is 0 Å². The van der Waals surface area contributed by atoms with Crippen LogP contribution in [0.5, 0.6) is 5.75 Å². The molecule has 0 bridgehead atoms. The standard InChI is InChI=1S/C16H21BrN2OS/c1-4-7-18-15(9-13-10-21-11(2)19-13)12-5-6-16(20-3)14(17)8-12/h5-6,8,10,15,18H,4,7,9H2,1-3H3. The second-order valence-electron chi connectivity index (χ2n) is 4.96. The fraction of sp³-hybridized carbons (Fsp3) is 0.438. The van der Waals surface area contributed by atoms with Gasteiger partial charge in [0.1, 0.15) is 5.75 Å². The van der Waals surface area contributed by atoms with Gasteiger partial charge in [0.2, 0.25) is 0 Å². The van der Waals surface area contributed by atoms with Crippen molar-refractivity contribution in [3.8, 4) is 5.75 Å². The molecule has 0 fully saturated rings. The summed E-state index contributed by atoms with van der Waals surface area (Å²) in [7, 11) is 1.69. The summed E-state index contributed by atoms with van der Waals surface area (Å²) in [5.41, 5.74) is 2.40. The SMILES string of the molecule is CCCNC(Cc1csc(C)n1)c1ccc(OC)c(Br)c1. The molecule has 1 N–H and O–H groups in total. The molecule has 114 valence electrons. The molecule has 1 aromatic heterocycles. The van der Waals surface area contributed by atoms with Crippen molar-refractivity contribution in [1.29, 1.82) is 0 Å². The van der Waals surface area contributed by atoms with Crippen LogP contribution in [-0.4, -0.2) is 18.6 Å². The molecular weight excluding hydrogens is 348 g/mol. The van der Waals surface area contributed by atoms with Crippen LogP contribution in [0.2, 0.25) is 0 Å². The Bertz CT molecular complexity index is 585. The number of ether oxygens (including phenoxy) is 1. The van der Waals surface area contributed by atoms with E-state index >= 15 is 0 Å². The van der Waals surface area contributed by atoms with Crippen molar-refractivity contribution >= 4 is 27.3 Å². The maximum absolute atomic E-state index is 5.30. The van der Waals surface area contributed by atoms with Crippen molar-refractivity contribution in [2.75, 3.05) is 13.7 Å². The number of nitrogens with zero attached hydrogens (tertiary/aromatic N) is 1. The molecule has 0 aliphatic rings. The van der Waals surface area contributed by atoms with Crippen LogP contribution >= 0.6 is 27.3 Å². The second kappa shape index (κ2) is 7.92. The monoisotopic (exact) mass is 368 g/mol. The molecule has 0 radical (unpaired) electrons. The summed E-state index contributed by atoms with van der Waals surface area (Å²) < 4.78 is 6.29. The van der Waals surface area contributed by atoms with Gasteiger partial charge in [-0.1, -0.05) is 13.0 Å². The van der Waals surface area contributed by atoms with E-state index in [4.69, 9.17) is 4.74 Å². The summed E-state index contributed by atoms with van der Waals surface area (Å²) in [6, 6.07) is 6.53. The van der Waals surface area contributed by atoms with Crippen LogP contribution in [0, 0.1) is 6.92 Å². The Kier molecular flexibility index (Phi) is 6.21. The van der Waals surface area contributed by atoms with E-state index in [9.17, 15) is 0 Å². The first-order chi connectivity index (χ1) is 10.1. The van der Waals surface area contributed by atoms with Gasteiger partial charge < -0.3 is 10.1 Å². The van der Waals surface area contributed by atoms with E-state index < -0.39 is 0 Å². The highest BCUT2D eigenvalue weighted by Crippen LogP contribution is 2.29. The number of halogens is 1. The predicted octanol–water partition coefficient (Wildman–Crippen LogP) is 4.51. The van der Waals surface area contributed by atoms with E-state index in [1.165, 1.54) is 5.56 Å². The van der Waals surface area contributed by atoms with Gasteiger partial charge in [-0.15, -0.1) is 11.3 Å². The van der Waals surface area contributed by atoms with Crippen LogP contribution in [0.3, 0.4) is 0 Å². The number of thiazole rings is 1. The highest BCUT2D eigenvalue weighted by atomic mass is 79.9. The molecule has 0 spiro atoms. The lowest BCUT2D eigenvalue weighted by molar-refractivity contribution is 0.411. The van der Waals surface area contributed by atoms with Gasteiger partial charge >= 0.3 is 0 Å². The summed E-state index contributed by atoms with van der Waals surface area (Å²) in [5, 5.41) is 6.88.